The zero-order valence-electron chi connectivity index (χ0n) is 17.8. The minimum Gasteiger partial charge on any atom is -0.395 e. The average Bonchev–Trinajstić information content (AvgIpc) is 3.22. The number of aromatic nitrogens is 3. The number of piperazine rings is 1. The molecule has 9 nitrogen and oxygen atoms in total. The molecular formula is C21H26F3N9. The van der Waals surface area contributed by atoms with Gasteiger partial charge in [0.1, 0.15) is 11.9 Å². The van der Waals surface area contributed by atoms with E-state index in [1.54, 1.807) is 21.8 Å². The minimum atomic E-state index is -4.27. The Morgan fingerprint density at radius 1 is 1.18 bits per heavy atom. The molecule has 4 rings (SSSR count). The first-order valence-electron chi connectivity index (χ1n) is 10.4. The maximum absolute atomic E-state index is 13.1. The molecule has 0 saturated carbocycles. The maximum atomic E-state index is 13.1. The Bertz CT molecular complexity index is 1110. The van der Waals surface area contributed by atoms with Crippen LogP contribution in [0.2, 0.25) is 0 Å². The molecule has 2 aromatic heterocycles. The standard InChI is InChI=1S/C21H26F3N9/c22-21(23,24)17-12-32(5-4-28-17)16-3-1-2-13(7-16)10-33-11-14(9-29-33)6-15-8-18(25)30-20(31-27)19(15)26/h1-3,7-9,11,17,28H,4-6,10,12,26-27H2,(H3,25,30,31). The average molecular weight is 461 g/mol. The minimum absolute atomic E-state index is 0.116. The Labute approximate surface area is 188 Å². The van der Waals surface area contributed by atoms with Gasteiger partial charge in [-0.1, -0.05) is 12.1 Å². The van der Waals surface area contributed by atoms with Crippen LogP contribution in [0.1, 0.15) is 16.7 Å². The molecule has 3 aromatic rings. The van der Waals surface area contributed by atoms with Crippen molar-refractivity contribution in [2.24, 2.45) is 5.84 Å². The molecular weight excluding hydrogens is 435 g/mol. The molecule has 0 aliphatic carbocycles. The summed E-state index contributed by atoms with van der Waals surface area (Å²) in [6.45, 7) is 1.15. The predicted octanol–water partition coefficient (Wildman–Crippen LogP) is 1.71. The van der Waals surface area contributed by atoms with Crippen molar-refractivity contribution in [2.75, 3.05) is 41.4 Å². The molecule has 1 aliphatic heterocycles. The summed E-state index contributed by atoms with van der Waals surface area (Å²) in [5.74, 6) is 6.06. The number of pyridine rings is 1. The van der Waals surface area contributed by atoms with Crippen LogP contribution in [0.3, 0.4) is 0 Å². The molecule has 8 N–H and O–H groups in total. The summed E-state index contributed by atoms with van der Waals surface area (Å²) in [6, 6.07) is 7.67. The fraction of sp³-hybridized carbons (Fsp3) is 0.333. The van der Waals surface area contributed by atoms with Crippen LogP contribution in [0.4, 0.5) is 36.2 Å². The van der Waals surface area contributed by atoms with E-state index in [0.29, 0.717) is 36.8 Å². The monoisotopic (exact) mass is 461 g/mol. The van der Waals surface area contributed by atoms with Crippen LogP contribution < -0.4 is 33.0 Å². The van der Waals surface area contributed by atoms with E-state index in [9.17, 15) is 13.2 Å². The number of rotatable bonds is 6. The summed E-state index contributed by atoms with van der Waals surface area (Å²) in [6.07, 6.45) is -0.152. The number of anilines is 4. The van der Waals surface area contributed by atoms with E-state index in [1.165, 1.54) is 0 Å². The number of nitrogens with one attached hydrogen (secondary N) is 2. The van der Waals surface area contributed by atoms with Crippen molar-refractivity contribution in [3.05, 3.63) is 59.4 Å². The van der Waals surface area contributed by atoms with Crippen molar-refractivity contribution in [3.63, 3.8) is 0 Å². The van der Waals surface area contributed by atoms with Gasteiger partial charge in [-0.05, 0) is 34.9 Å². The van der Waals surface area contributed by atoms with Crippen molar-refractivity contribution >= 4 is 23.0 Å². The SMILES string of the molecule is NNc1nc(N)cc(Cc2cnn(Cc3cccc(N4CCNC(C(F)(F)F)C4)c3)c2)c1N. The molecule has 1 fully saturated rings. The third-order valence-corrected chi connectivity index (χ3v) is 5.57. The second-order valence-electron chi connectivity index (χ2n) is 8.00. The number of nitrogen functional groups attached to an aromatic ring is 3. The number of nitrogens with two attached hydrogens (primary N) is 3. The molecule has 0 bridgehead atoms. The normalized spacial score (nSPS) is 16.7. The number of hydrogen-bond donors (Lipinski definition) is 5. The fourth-order valence-corrected chi connectivity index (χ4v) is 3.93. The lowest BCUT2D eigenvalue weighted by atomic mass is 10.1. The van der Waals surface area contributed by atoms with Gasteiger partial charge in [0.05, 0.1) is 18.4 Å². The van der Waals surface area contributed by atoms with E-state index in [1.807, 2.05) is 30.5 Å². The molecule has 1 aliphatic rings. The topological polar surface area (TPSA) is 136 Å². The highest BCUT2D eigenvalue weighted by molar-refractivity contribution is 5.68. The van der Waals surface area contributed by atoms with Crippen molar-refractivity contribution in [3.8, 4) is 0 Å². The third-order valence-electron chi connectivity index (χ3n) is 5.57. The lowest BCUT2D eigenvalue weighted by molar-refractivity contribution is -0.155. The fourth-order valence-electron chi connectivity index (χ4n) is 3.93. The number of nitrogens with zero attached hydrogens (tertiary/aromatic N) is 4. The van der Waals surface area contributed by atoms with Crippen LogP contribution in [0, 0.1) is 0 Å². The van der Waals surface area contributed by atoms with Crippen molar-refractivity contribution in [2.45, 2.75) is 25.2 Å². The molecule has 12 heteroatoms. The van der Waals surface area contributed by atoms with Crippen LogP contribution in [-0.4, -0.2) is 46.6 Å². The predicted molar refractivity (Wildman–Crippen MR) is 122 cm³/mol. The molecule has 0 amide bonds. The van der Waals surface area contributed by atoms with E-state index in [0.717, 1.165) is 22.4 Å². The van der Waals surface area contributed by atoms with Gasteiger partial charge in [0.15, 0.2) is 5.82 Å². The number of hydrazine groups is 1. The Hall–Kier alpha value is -3.51. The van der Waals surface area contributed by atoms with Gasteiger partial charge in [0.25, 0.3) is 0 Å². The van der Waals surface area contributed by atoms with Gasteiger partial charge in [0, 0.05) is 37.9 Å². The molecule has 1 aromatic carbocycles. The first kappa shape index (κ1) is 22.7. The molecule has 1 unspecified atom stereocenters. The molecule has 176 valence electrons. The number of alkyl halides is 3. The summed E-state index contributed by atoms with van der Waals surface area (Å²) < 4.78 is 41.1. The highest BCUT2D eigenvalue weighted by Gasteiger charge is 2.42. The molecule has 0 spiro atoms. The summed E-state index contributed by atoms with van der Waals surface area (Å²) in [5, 5.41) is 6.94. The number of halogens is 3. The van der Waals surface area contributed by atoms with Crippen LogP contribution in [-0.2, 0) is 13.0 Å². The van der Waals surface area contributed by atoms with Crippen LogP contribution in [0.5, 0.6) is 0 Å². The second-order valence-corrected chi connectivity index (χ2v) is 8.00. The van der Waals surface area contributed by atoms with Crippen molar-refractivity contribution < 1.29 is 13.2 Å². The zero-order chi connectivity index (χ0) is 23.6. The molecule has 3 heterocycles. The molecule has 1 saturated heterocycles. The lowest BCUT2D eigenvalue weighted by Crippen LogP contribution is -2.57. The quantitative estimate of drug-likeness (QED) is 0.277. The van der Waals surface area contributed by atoms with Gasteiger partial charge < -0.3 is 27.1 Å². The first-order valence-corrected chi connectivity index (χ1v) is 10.4. The molecule has 1 atom stereocenters. The Morgan fingerprint density at radius 2 is 2.00 bits per heavy atom. The third kappa shape index (κ3) is 5.29. The van der Waals surface area contributed by atoms with Gasteiger partial charge in [-0.2, -0.15) is 18.3 Å². The Morgan fingerprint density at radius 3 is 2.76 bits per heavy atom. The largest absolute Gasteiger partial charge is 0.405 e. The van der Waals surface area contributed by atoms with Gasteiger partial charge in [-0.25, -0.2) is 10.8 Å². The highest BCUT2D eigenvalue weighted by Crippen LogP contribution is 2.27. The first-order chi connectivity index (χ1) is 15.7. The van der Waals surface area contributed by atoms with E-state index in [-0.39, 0.29) is 13.1 Å². The highest BCUT2D eigenvalue weighted by atomic mass is 19.4. The van der Waals surface area contributed by atoms with Gasteiger partial charge in [-0.15, -0.1) is 0 Å². The van der Waals surface area contributed by atoms with E-state index >= 15 is 0 Å². The Balaban J connectivity index is 1.45. The summed E-state index contributed by atoms with van der Waals surface area (Å²) >= 11 is 0. The van der Waals surface area contributed by atoms with Crippen molar-refractivity contribution in [1.29, 1.82) is 0 Å². The van der Waals surface area contributed by atoms with E-state index < -0.39 is 12.2 Å². The Kier molecular flexibility index (Phi) is 6.29. The summed E-state index contributed by atoms with van der Waals surface area (Å²) in [4.78, 5) is 5.80. The summed E-state index contributed by atoms with van der Waals surface area (Å²) in [5.41, 5.74) is 18.2. The van der Waals surface area contributed by atoms with Crippen molar-refractivity contribution in [1.82, 2.24) is 20.1 Å². The summed E-state index contributed by atoms with van der Waals surface area (Å²) in [7, 11) is 0. The smallest absolute Gasteiger partial charge is 0.395 e. The second kappa shape index (κ2) is 9.16. The maximum Gasteiger partial charge on any atom is 0.405 e. The lowest BCUT2D eigenvalue weighted by Gasteiger charge is -2.36. The van der Waals surface area contributed by atoms with E-state index in [4.69, 9.17) is 17.3 Å². The van der Waals surface area contributed by atoms with Crippen LogP contribution in [0.15, 0.2) is 42.7 Å². The molecule has 33 heavy (non-hydrogen) atoms. The van der Waals surface area contributed by atoms with Crippen LogP contribution >= 0.6 is 0 Å². The van der Waals surface area contributed by atoms with E-state index in [2.05, 4.69) is 20.8 Å². The van der Waals surface area contributed by atoms with Gasteiger partial charge in [-0.3, -0.25) is 4.68 Å². The van der Waals surface area contributed by atoms with Gasteiger partial charge >= 0.3 is 6.18 Å². The van der Waals surface area contributed by atoms with Gasteiger partial charge in [0.2, 0.25) is 0 Å². The molecule has 0 radical (unpaired) electrons. The zero-order valence-corrected chi connectivity index (χ0v) is 17.8. The van der Waals surface area contributed by atoms with Crippen LogP contribution in [0.25, 0.3) is 0 Å². The number of hydrogen-bond acceptors (Lipinski definition) is 8. The number of benzene rings is 1.